The van der Waals surface area contributed by atoms with Crippen molar-refractivity contribution >= 4 is 27.3 Å². The highest BCUT2D eigenvalue weighted by molar-refractivity contribution is 7.92. The average molecular weight is 555 g/mol. The molecule has 4 heterocycles. The zero-order valence-corrected chi connectivity index (χ0v) is 23.2. The van der Waals surface area contributed by atoms with Gasteiger partial charge in [0.1, 0.15) is 4.90 Å². The van der Waals surface area contributed by atoms with E-state index in [1.54, 1.807) is 6.07 Å². The summed E-state index contributed by atoms with van der Waals surface area (Å²) in [5, 5.41) is 16.5. The third-order valence-corrected chi connectivity index (χ3v) is 9.37. The largest absolute Gasteiger partial charge is 0.392 e. The Bertz CT molecular complexity index is 1290. The summed E-state index contributed by atoms with van der Waals surface area (Å²) in [5.74, 6) is -0.674. The second-order valence-corrected chi connectivity index (χ2v) is 13.2. The van der Waals surface area contributed by atoms with Gasteiger partial charge in [-0.25, -0.2) is 13.1 Å². The molecular weight excluding hydrogens is 518 g/mol. The van der Waals surface area contributed by atoms with Crippen LogP contribution in [0.3, 0.4) is 0 Å². The van der Waals surface area contributed by atoms with E-state index in [9.17, 15) is 27.1 Å². The Morgan fingerprint density at radius 2 is 2.00 bits per heavy atom. The first kappa shape index (κ1) is 28.4. The number of aromatic nitrogens is 3. The standard InChI is InChI=1S/C25H36F2N6O4S/c1-15(25(3,4)5)23(35)29-18-9-21-20(28-10-18)8-17(11-31-7-6-19(34)13-31)12-33(21)38(36,37)22-14-32(24(26)27)30-16(22)2/h9-10,14-15,17,19,24,34H,6-8,11-13H2,1-5H3,(H,29,35)/t15?,17-,19+/m0/s1. The van der Waals surface area contributed by atoms with Crippen LogP contribution >= 0.6 is 0 Å². The van der Waals surface area contributed by atoms with E-state index in [1.807, 2.05) is 27.7 Å². The van der Waals surface area contributed by atoms with E-state index < -0.39 is 22.7 Å². The molecule has 210 valence electrons. The molecular formula is C25H36F2N6O4S. The maximum absolute atomic E-state index is 13.9. The Morgan fingerprint density at radius 1 is 1.29 bits per heavy atom. The number of hydrogen-bond acceptors (Lipinski definition) is 7. The number of nitrogens with zero attached hydrogens (tertiary/aromatic N) is 5. The number of rotatable bonds is 7. The Morgan fingerprint density at radius 3 is 2.58 bits per heavy atom. The number of nitrogens with one attached hydrogen (secondary N) is 1. The van der Waals surface area contributed by atoms with Crippen LogP contribution in [-0.2, 0) is 21.2 Å². The number of hydrogen-bond donors (Lipinski definition) is 2. The number of carbonyl (C=O) groups excluding carboxylic acids is 1. The van der Waals surface area contributed by atoms with Crippen LogP contribution in [0.4, 0.5) is 20.2 Å². The number of aliphatic hydroxyl groups is 1. The minimum Gasteiger partial charge on any atom is -0.392 e. The SMILES string of the molecule is Cc1nn(C(F)F)cc1S(=O)(=O)N1C[C@H](CN2CC[C@@H](O)C2)Cc2ncc(NC(=O)C(C)C(C)(C)C)cc21. The van der Waals surface area contributed by atoms with Gasteiger partial charge < -0.3 is 15.3 Å². The van der Waals surface area contributed by atoms with Gasteiger partial charge in [-0.3, -0.25) is 14.1 Å². The molecule has 2 aromatic heterocycles. The molecule has 2 aliphatic rings. The first-order valence-corrected chi connectivity index (χ1v) is 14.2. The average Bonchev–Trinajstić information content (AvgIpc) is 3.43. The number of halogens is 2. The molecule has 10 nitrogen and oxygen atoms in total. The van der Waals surface area contributed by atoms with Gasteiger partial charge in [0.2, 0.25) is 5.91 Å². The molecule has 1 amide bonds. The number of aliphatic hydroxyl groups excluding tert-OH is 1. The fraction of sp³-hybridized carbons (Fsp3) is 0.640. The van der Waals surface area contributed by atoms with Crippen molar-refractivity contribution in [1.82, 2.24) is 19.7 Å². The predicted molar refractivity (Wildman–Crippen MR) is 138 cm³/mol. The minimum absolute atomic E-state index is 0.0342. The molecule has 1 fully saturated rings. The molecule has 38 heavy (non-hydrogen) atoms. The number of pyridine rings is 1. The van der Waals surface area contributed by atoms with Crippen LogP contribution in [0.5, 0.6) is 0 Å². The molecule has 1 saturated heterocycles. The second kappa shape index (κ2) is 10.5. The van der Waals surface area contributed by atoms with E-state index in [-0.39, 0.29) is 40.3 Å². The normalized spacial score (nSPS) is 21.6. The second-order valence-electron chi connectivity index (χ2n) is 11.4. The van der Waals surface area contributed by atoms with Gasteiger partial charge in [0, 0.05) is 32.1 Å². The molecule has 1 unspecified atom stereocenters. The Hall–Kier alpha value is -2.64. The predicted octanol–water partition coefficient (Wildman–Crippen LogP) is 3.04. The smallest absolute Gasteiger partial charge is 0.333 e. The number of β-amino-alcohol motifs (C(OH)–C–C–N with tert-alkyl or cyclic N) is 1. The number of alkyl halides is 2. The van der Waals surface area contributed by atoms with Gasteiger partial charge in [0.25, 0.3) is 10.0 Å². The Kier molecular flexibility index (Phi) is 7.84. The summed E-state index contributed by atoms with van der Waals surface area (Å²) < 4.78 is 55.9. The summed E-state index contributed by atoms with van der Waals surface area (Å²) in [5.41, 5.74) is 0.873. The summed E-state index contributed by atoms with van der Waals surface area (Å²) in [6, 6.07) is 1.58. The number of aryl methyl sites for hydroxylation is 1. The van der Waals surface area contributed by atoms with Gasteiger partial charge in [-0.05, 0) is 37.2 Å². The summed E-state index contributed by atoms with van der Waals surface area (Å²) in [4.78, 5) is 19.1. The van der Waals surface area contributed by atoms with Crippen LogP contribution in [0.15, 0.2) is 23.4 Å². The molecule has 0 aromatic carbocycles. The Balaban J connectivity index is 1.70. The van der Waals surface area contributed by atoms with Gasteiger partial charge in [0.05, 0.1) is 41.3 Å². The molecule has 4 rings (SSSR count). The lowest BCUT2D eigenvalue weighted by molar-refractivity contribution is -0.122. The highest BCUT2D eigenvalue weighted by Crippen LogP contribution is 2.37. The van der Waals surface area contributed by atoms with Gasteiger partial charge >= 0.3 is 6.55 Å². The van der Waals surface area contributed by atoms with Crippen LogP contribution in [0.2, 0.25) is 0 Å². The number of sulfonamides is 1. The lowest BCUT2D eigenvalue weighted by Gasteiger charge is -2.36. The van der Waals surface area contributed by atoms with Crippen LogP contribution < -0.4 is 9.62 Å². The number of anilines is 2. The molecule has 0 aliphatic carbocycles. The lowest BCUT2D eigenvalue weighted by atomic mass is 9.81. The van der Waals surface area contributed by atoms with E-state index in [0.717, 1.165) is 6.20 Å². The molecule has 13 heteroatoms. The molecule has 2 aromatic rings. The fourth-order valence-corrected chi connectivity index (χ4v) is 6.58. The maximum atomic E-state index is 13.9. The van der Waals surface area contributed by atoms with E-state index in [2.05, 4.69) is 20.3 Å². The molecule has 3 atom stereocenters. The van der Waals surface area contributed by atoms with Crippen molar-refractivity contribution in [3.05, 3.63) is 29.8 Å². The number of likely N-dealkylation sites (tertiary alicyclic amines) is 1. The molecule has 2 N–H and O–H groups in total. The van der Waals surface area contributed by atoms with E-state index in [1.165, 1.54) is 17.4 Å². The highest BCUT2D eigenvalue weighted by Gasteiger charge is 2.38. The van der Waals surface area contributed by atoms with Crippen LogP contribution in [0.25, 0.3) is 0 Å². The maximum Gasteiger partial charge on any atom is 0.333 e. The van der Waals surface area contributed by atoms with Crippen molar-refractivity contribution in [2.75, 3.05) is 35.8 Å². The van der Waals surface area contributed by atoms with Crippen molar-refractivity contribution in [3.8, 4) is 0 Å². The summed E-state index contributed by atoms with van der Waals surface area (Å²) in [7, 11) is -4.28. The summed E-state index contributed by atoms with van der Waals surface area (Å²) in [6.45, 7) is 7.97. The van der Waals surface area contributed by atoms with Crippen molar-refractivity contribution in [2.24, 2.45) is 17.3 Å². The van der Waals surface area contributed by atoms with Crippen LogP contribution in [-0.4, -0.2) is 71.4 Å². The third kappa shape index (κ3) is 5.84. The lowest BCUT2D eigenvalue weighted by Crippen LogP contribution is -2.44. The van der Waals surface area contributed by atoms with Gasteiger partial charge in [-0.1, -0.05) is 27.7 Å². The molecule has 0 radical (unpaired) electrons. The van der Waals surface area contributed by atoms with E-state index in [4.69, 9.17) is 0 Å². The van der Waals surface area contributed by atoms with Crippen molar-refractivity contribution < 1.29 is 27.1 Å². The topological polar surface area (TPSA) is 121 Å². The van der Waals surface area contributed by atoms with Crippen LogP contribution in [0.1, 0.15) is 52.1 Å². The van der Waals surface area contributed by atoms with Gasteiger partial charge in [-0.2, -0.15) is 13.9 Å². The summed E-state index contributed by atoms with van der Waals surface area (Å²) in [6.07, 6.45) is 3.10. The third-order valence-electron chi connectivity index (χ3n) is 7.49. The minimum atomic E-state index is -4.28. The zero-order chi connectivity index (χ0) is 28.0. The van der Waals surface area contributed by atoms with Gasteiger partial charge in [0.15, 0.2) is 0 Å². The van der Waals surface area contributed by atoms with E-state index in [0.29, 0.717) is 54.2 Å². The highest BCUT2D eigenvalue weighted by atomic mass is 32.2. The molecule has 0 saturated carbocycles. The zero-order valence-electron chi connectivity index (χ0n) is 22.4. The first-order valence-electron chi connectivity index (χ1n) is 12.7. The van der Waals surface area contributed by atoms with Crippen molar-refractivity contribution in [2.45, 2.75) is 65.0 Å². The monoisotopic (exact) mass is 554 g/mol. The van der Waals surface area contributed by atoms with Crippen molar-refractivity contribution in [3.63, 3.8) is 0 Å². The quantitative estimate of drug-likeness (QED) is 0.540. The molecule has 0 spiro atoms. The molecule has 2 aliphatic heterocycles. The fourth-order valence-electron chi connectivity index (χ4n) is 4.87. The van der Waals surface area contributed by atoms with Crippen LogP contribution in [0, 0.1) is 24.2 Å². The Labute approximate surface area is 222 Å². The van der Waals surface area contributed by atoms with E-state index >= 15 is 0 Å². The van der Waals surface area contributed by atoms with Crippen molar-refractivity contribution in [1.29, 1.82) is 0 Å². The number of amides is 1. The molecule has 0 bridgehead atoms. The number of carbonyl (C=O) groups is 1. The number of fused-ring (bicyclic) bond motifs is 1. The summed E-state index contributed by atoms with van der Waals surface area (Å²) >= 11 is 0. The first-order chi connectivity index (χ1) is 17.7. The van der Waals surface area contributed by atoms with Gasteiger partial charge in [-0.15, -0.1) is 0 Å².